The van der Waals surface area contributed by atoms with Gasteiger partial charge in [0.2, 0.25) is 5.91 Å². The van der Waals surface area contributed by atoms with Crippen molar-refractivity contribution in [3.63, 3.8) is 0 Å². The molecule has 2 aromatic rings. The molecule has 0 spiro atoms. The zero-order valence-corrected chi connectivity index (χ0v) is 16.5. The van der Waals surface area contributed by atoms with Crippen LogP contribution in [0.5, 0.6) is 0 Å². The van der Waals surface area contributed by atoms with E-state index in [2.05, 4.69) is 12.2 Å². The van der Waals surface area contributed by atoms with Crippen molar-refractivity contribution in [2.45, 2.75) is 39.2 Å². The zero-order valence-electron chi connectivity index (χ0n) is 15.7. The van der Waals surface area contributed by atoms with E-state index < -0.39 is 5.97 Å². The number of rotatable bonds is 5. The first kappa shape index (κ1) is 19.4. The Morgan fingerprint density at radius 3 is 2.85 bits per heavy atom. The minimum Gasteiger partial charge on any atom is -0.465 e. The van der Waals surface area contributed by atoms with Gasteiger partial charge >= 0.3 is 5.97 Å². The molecule has 0 saturated heterocycles. The fourth-order valence-corrected chi connectivity index (χ4v) is 4.33. The van der Waals surface area contributed by atoms with Crippen LogP contribution >= 0.6 is 11.3 Å². The second-order valence-corrected chi connectivity index (χ2v) is 7.77. The number of nitrogens with one attached hydrogen (secondary N) is 1. The molecule has 7 heteroatoms. The molecule has 1 aliphatic rings. The third-order valence-corrected chi connectivity index (χ3v) is 6.01. The van der Waals surface area contributed by atoms with Gasteiger partial charge in [0.05, 0.1) is 19.2 Å². The molecule has 1 N–H and O–H groups in total. The summed E-state index contributed by atoms with van der Waals surface area (Å²) in [5, 5.41) is 3.36. The normalized spacial score (nSPS) is 16.0. The third kappa shape index (κ3) is 4.13. The van der Waals surface area contributed by atoms with E-state index >= 15 is 0 Å². The first-order valence-electron chi connectivity index (χ1n) is 8.98. The maximum atomic E-state index is 13.5. The van der Waals surface area contributed by atoms with Crippen molar-refractivity contribution in [3.05, 3.63) is 46.1 Å². The Labute approximate surface area is 162 Å². The lowest BCUT2D eigenvalue weighted by Crippen LogP contribution is -2.42. The van der Waals surface area contributed by atoms with Crippen LogP contribution in [-0.4, -0.2) is 31.6 Å². The number of benzene rings is 1. The van der Waals surface area contributed by atoms with Gasteiger partial charge in [0.25, 0.3) is 0 Å². The summed E-state index contributed by atoms with van der Waals surface area (Å²) in [6, 6.07) is 6.61. The van der Waals surface area contributed by atoms with Gasteiger partial charge in [0.15, 0.2) is 0 Å². The van der Waals surface area contributed by atoms with Gasteiger partial charge in [-0.15, -0.1) is 11.3 Å². The maximum absolute atomic E-state index is 13.5. The number of aryl methyl sites for hydroxylation is 2. The van der Waals surface area contributed by atoms with Crippen LogP contribution in [0.2, 0.25) is 0 Å². The Morgan fingerprint density at radius 1 is 1.37 bits per heavy atom. The number of anilines is 2. The van der Waals surface area contributed by atoms with Crippen molar-refractivity contribution in [2.24, 2.45) is 0 Å². The van der Waals surface area contributed by atoms with E-state index in [1.54, 1.807) is 12.1 Å². The number of thiophene rings is 1. The number of nitrogens with zero attached hydrogens (tertiary/aromatic N) is 1. The number of hydrogen-bond acceptors (Lipinski definition) is 5. The molecular weight excluding hydrogens is 367 g/mol. The summed E-state index contributed by atoms with van der Waals surface area (Å²) < 4.78 is 18.3. The molecule has 0 bridgehead atoms. The van der Waals surface area contributed by atoms with E-state index in [9.17, 15) is 14.0 Å². The quantitative estimate of drug-likeness (QED) is 0.784. The average molecular weight is 390 g/mol. The van der Waals surface area contributed by atoms with Gasteiger partial charge in [-0.05, 0) is 56.0 Å². The number of carbonyl (C=O) groups excluding carboxylic acids is 2. The molecule has 144 valence electrons. The van der Waals surface area contributed by atoms with Gasteiger partial charge in [-0.1, -0.05) is 6.92 Å². The minimum absolute atomic E-state index is 0.139. The molecule has 0 radical (unpaired) electrons. The molecule has 1 unspecified atom stereocenters. The third-order valence-electron chi connectivity index (χ3n) is 4.82. The Bertz CT molecular complexity index is 865. The molecule has 0 fully saturated rings. The summed E-state index contributed by atoms with van der Waals surface area (Å²) in [5.74, 6) is -0.941. The average Bonchev–Trinajstić information content (AvgIpc) is 3.06. The van der Waals surface area contributed by atoms with E-state index in [0.717, 1.165) is 35.4 Å². The second-order valence-electron chi connectivity index (χ2n) is 6.64. The van der Waals surface area contributed by atoms with Crippen LogP contribution in [0, 0.1) is 5.82 Å². The smallest absolute Gasteiger partial charge is 0.340 e. The topological polar surface area (TPSA) is 58.6 Å². The number of methoxy groups -OCH3 is 1. The molecule has 1 atom stereocenters. The number of carbonyl (C=O) groups is 2. The summed E-state index contributed by atoms with van der Waals surface area (Å²) in [6.07, 6.45) is 2.42. The monoisotopic (exact) mass is 390 g/mol. The summed E-state index contributed by atoms with van der Waals surface area (Å²) in [7, 11) is 1.32. The van der Waals surface area contributed by atoms with Crippen molar-refractivity contribution in [1.29, 1.82) is 0 Å². The van der Waals surface area contributed by atoms with Gasteiger partial charge in [-0.3, -0.25) is 4.79 Å². The van der Waals surface area contributed by atoms with Crippen LogP contribution in [0.3, 0.4) is 0 Å². The second kappa shape index (κ2) is 8.08. The van der Waals surface area contributed by atoms with Crippen LogP contribution < -0.4 is 10.2 Å². The highest BCUT2D eigenvalue weighted by molar-refractivity contribution is 7.16. The van der Waals surface area contributed by atoms with E-state index in [4.69, 9.17) is 4.74 Å². The maximum Gasteiger partial charge on any atom is 0.340 e. The molecule has 27 heavy (non-hydrogen) atoms. The predicted octanol–water partition coefficient (Wildman–Crippen LogP) is 4.02. The van der Waals surface area contributed by atoms with Crippen LogP contribution in [-0.2, 0) is 22.4 Å². The number of halogens is 1. The van der Waals surface area contributed by atoms with E-state index in [1.165, 1.54) is 30.6 Å². The van der Waals surface area contributed by atoms with Crippen molar-refractivity contribution >= 4 is 33.9 Å². The van der Waals surface area contributed by atoms with Crippen molar-refractivity contribution in [2.75, 3.05) is 23.9 Å². The largest absolute Gasteiger partial charge is 0.465 e. The van der Waals surface area contributed by atoms with E-state index in [1.807, 2.05) is 11.8 Å². The number of fused-ring (bicyclic) bond motifs is 1. The predicted molar refractivity (Wildman–Crippen MR) is 105 cm³/mol. The molecule has 1 aromatic carbocycles. The van der Waals surface area contributed by atoms with Gasteiger partial charge in [-0.2, -0.15) is 0 Å². The lowest BCUT2D eigenvalue weighted by molar-refractivity contribution is -0.115. The highest BCUT2D eigenvalue weighted by atomic mass is 32.1. The molecule has 0 aliphatic carbocycles. The van der Waals surface area contributed by atoms with Gasteiger partial charge in [0, 0.05) is 16.6 Å². The number of ether oxygens (including phenoxy) is 1. The summed E-state index contributed by atoms with van der Waals surface area (Å²) in [6.45, 7) is 4.18. The van der Waals surface area contributed by atoms with Crippen molar-refractivity contribution in [3.8, 4) is 0 Å². The molecule has 1 amide bonds. The summed E-state index contributed by atoms with van der Waals surface area (Å²) >= 11 is 1.38. The van der Waals surface area contributed by atoms with Crippen LogP contribution in [0.4, 0.5) is 15.1 Å². The fourth-order valence-electron chi connectivity index (χ4n) is 3.32. The Kier molecular flexibility index (Phi) is 5.79. The van der Waals surface area contributed by atoms with Crippen LogP contribution in [0.25, 0.3) is 0 Å². The summed E-state index contributed by atoms with van der Waals surface area (Å²) in [4.78, 5) is 27.6. The van der Waals surface area contributed by atoms with E-state index in [0.29, 0.717) is 10.6 Å². The molecule has 1 aromatic heterocycles. The van der Waals surface area contributed by atoms with Crippen molar-refractivity contribution in [1.82, 2.24) is 0 Å². The van der Waals surface area contributed by atoms with Crippen LogP contribution in [0.1, 0.15) is 41.1 Å². The standard InChI is InChI=1S/C20H23FN2O3S/c1-4-15-10-16(20(25)26-3)19(27-15)22-18(24)11-23-12(2)5-6-13-9-14(21)7-8-17(13)23/h7-10,12H,4-6,11H2,1-3H3,(H,22,24). The Hall–Kier alpha value is -2.41. The van der Waals surface area contributed by atoms with Crippen molar-refractivity contribution < 1.29 is 18.7 Å². The lowest BCUT2D eigenvalue weighted by Gasteiger charge is -2.36. The van der Waals surface area contributed by atoms with Crippen LogP contribution in [0.15, 0.2) is 24.3 Å². The summed E-state index contributed by atoms with van der Waals surface area (Å²) in [5.41, 5.74) is 2.18. The molecule has 1 aliphatic heterocycles. The SMILES string of the molecule is CCc1cc(C(=O)OC)c(NC(=O)CN2c3ccc(F)cc3CCC2C)s1. The molecule has 5 nitrogen and oxygen atoms in total. The van der Waals surface area contributed by atoms with Gasteiger partial charge in [-0.25, -0.2) is 9.18 Å². The number of hydrogen-bond donors (Lipinski definition) is 1. The molecule has 2 heterocycles. The Balaban J connectivity index is 1.79. The molecule has 0 saturated carbocycles. The molecule has 3 rings (SSSR count). The molecular formula is C20H23FN2O3S. The first-order valence-corrected chi connectivity index (χ1v) is 9.80. The minimum atomic E-state index is -0.464. The fraction of sp³-hybridized carbons (Fsp3) is 0.400. The zero-order chi connectivity index (χ0) is 19.6. The van der Waals surface area contributed by atoms with Gasteiger partial charge < -0.3 is 15.0 Å². The lowest BCUT2D eigenvalue weighted by atomic mass is 9.96. The van der Waals surface area contributed by atoms with E-state index in [-0.39, 0.29) is 24.3 Å². The highest BCUT2D eigenvalue weighted by Gasteiger charge is 2.26. The number of esters is 1. The van der Waals surface area contributed by atoms with Gasteiger partial charge in [0.1, 0.15) is 10.8 Å². The Morgan fingerprint density at radius 2 is 2.15 bits per heavy atom. The number of amides is 1. The highest BCUT2D eigenvalue weighted by Crippen LogP contribution is 2.32. The first-order chi connectivity index (χ1) is 12.9.